The van der Waals surface area contributed by atoms with Crippen molar-refractivity contribution in [3.05, 3.63) is 27.9 Å². The number of rotatable bonds is 5. The van der Waals surface area contributed by atoms with Crippen LogP contribution in [0, 0.1) is 0 Å². The number of amides is 1. The van der Waals surface area contributed by atoms with Gasteiger partial charge in [-0.3, -0.25) is 9.69 Å². The van der Waals surface area contributed by atoms with E-state index in [2.05, 4.69) is 11.6 Å². The third kappa shape index (κ3) is 3.21. The maximum absolute atomic E-state index is 10.9. The van der Waals surface area contributed by atoms with Crippen LogP contribution >= 0.6 is 22.9 Å². The van der Waals surface area contributed by atoms with Gasteiger partial charge in [-0.05, 0) is 0 Å². The number of hydrogen-bond donors (Lipinski definition) is 0. The summed E-state index contributed by atoms with van der Waals surface area (Å²) >= 11 is 7.05. The summed E-state index contributed by atoms with van der Waals surface area (Å²) in [7, 11) is 3.66. The maximum atomic E-state index is 10.9. The molecule has 0 saturated heterocycles. The number of nitrogens with zero attached hydrogens (tertiary/aromatic N) is 3. The molecule has 0 aliphatic carbocycles. The van der Waals surface area contributed by atoms with Crippen LogP contribution in [0.3, 0.4) is 0 Å². The lowest BCUT2D eigenvalue weighted by atomic mass is 10.4. The van der Waals surface area contributed by atoms with Gasteiger partial charge in [-0.1, -0.05) is 18.2 Å². The second-order valence-electron chi connectivity index (χ2n) is 3.12. The Kier molecular flexibility index (Phi) is 4.11. The van der Waals surface area contributed by atoms with Gasteiger partial charge in [0, 0.05) is 25.2 Å². The zero-order chi connectivity index (χ0) is 11.4. The lowest BCUT2D eigenvalue weighted by molar-refractivity contribution is -0.117. The van der Waals surface area contributed by atoms with Gasteiger partial charge in [0.05, 0.1) is 6.54 Å². The molecule has 0 bridgehead atoms. The third-order valence-corrected chi connectivity index (χ3v) is 2.93. The molecular formula is C9H12ClN3OS. The van der Waals surface area contributed by atoms with Gasteiger partial charge in [0.15, 0.2) is 4.47 Å². The molecule has 0 aromatic carbocycles. The summed E-state index contributed by atoms with van der Waals surface area (Å²) in [6, 6.07) is 0. The molecule has 4 nitrogen and oxygen atoms in total. The highest BCUT2D eigenvalue weighted by Gasteiger charge is 2.10. The molecule has 0 spiro atoms. The minimum absolute atomic E-state index is 0.449. The Morgan fingerprint density at radius 2 is 2.40 bits per heavy atom. The van der Waals surface area contributed by atoms with E-state index in [1.165, 1.54) is 16.2 Å². The Balaban J connectivity index is 2.69. The Morgan fingerprint density at radius 3 is 2.80 bits per heavy atom. The smallest absolute Gasteiger partial charge is 0.215 e. The first-order valence-electron chi connectivity index (χ1n) is 4.23. The van der Waals surface area contributed by atoms with E-state index >= 15 is 0 Å². The van der Waals surface area contributed by atoms with Crippen LogP contribution in [0.5, 0.6) is 0 Å². The van der Waals surface area contributed by atoms with Crippen LogP contribution in [-0.4, -0.2) is 35.3 Å². The fraction of sp³-hybridized carbons (Fsp3) is 0.333. The highest BCUT2D eigenvalue weighted by molar-refractivity contribution is 7.15. The van der Waals surface area contributed by atoms with Crippen molar-refractivity contribution < 1.29 is 4.79 Å². The predicted molar refractivity (Wildman–Crippen MR) is 61.6 cm³/mol. The molecule has 0 N–H and O–H groups in total. The van der Waals surface area contributed by atoms with Gasteiger partial charge in [0.1, 0.15) is 5.82 Å². The van der Waals surface area contributed by atoms with Crippen LogP contribution in [0.25, 0.3) is 0 Å². The average Bonchev–Trinajstić information content (AvgIpc) is 2.59. The second kappa shape index (κ2) is 5.14. The topological polar surface area (TPSA) is 36.4 Å². The Labute approximate surface area is 97.8 Å². The van der Waals surface area contributed by atoms with Gasteiger partial charge >= 0.3 is 0 Å². The molecule has 6 heteroatoms. The van der Waals surface area contributed by atoms with Crippen molar-refractivity contribution >= 4 is 29.3 Å². The Bertz CT molecular complexity index is 364. The van der Waals surface area contributed by atoms with Crippen LogP contribution in [0.1, 0.15) is 4.88 Å². The van der Waals surface area contributed by atoms with Crippen LogP contribution < -0.4 is 0 Å². The highest BCUT2D eigenvalue weighted by Crippen LogP contribution is 2.20. The Morgan fingerprint density at radius 1 is 1.73 bits per heavy atom. The first-order valence-corrected chi connectivity index (χ1v) is 5.42. The SMILES string of the molecule is C=C(N(C)C)N(C=O)Cc1cnc(Cl)s1. The Hall–Kier alpha value is -1.07. The zero-order valence-corrected chi connectivity index (χ0v) is 10.2. The standard InChI is InChI=1S/C9H12ClN3OS/c1-7(12(2)3)13(6-14)5-8-4-11-9(10)15-8/h4,6H,1,5H2,2-3H3. The van der Waals surface area contributed by atoms with Crippen molar-refractivity contribution in [3.8, 4) is 0 Å². The molecule has 82 valence electrons. The number of aromatic nitrogens is 1. The molecule has 0 radical (unpaired) electrons. The number of carbonyl (C=O) groups excluding carboxylic acids is 1. The molecule has 1 heterocycles. The minimum atomic E-state index is 0.449. The molecule has 0 fully saturated rings. The van der Waals surface area contributed by atoms with Gasteiger partial charge in [-0.15, -0.1) is 11.3 Å². The van der Waals surface area contributed by atoms with Crippen molar-refractivity contribution in [1.82, 2.24) is 14.8 Å². The van der Waals surface area contributed by atoms with Gasteiger partial charge in [0.25, 0.3) is 0 Å². The quantitative estimate of drug-likeness (QED) is 0.742. The van der Waals surface area contributed by atoms with Crippen molar-refractivity contribution in [3.63, 3.8) is 0 Å². The summed E-state index contributed by atoms with van der Waals surface area (Å²) in [6.45, 7) is 4.25. The van der Waals surface area contributed by atoms with Crippen LogP contribution in [0.2, 0.25) is 4.47 Å². The summed E-state index contributed by atoms with van der Waals surface area (Å²) < 4.78 is 0.478. The predicted octanol–water partition coefficient (Wildman–Crippen LogP) is 1.79. The van der Waals surface area contributed by atoms with Crippen molar-refractivity contribution in [2.45, 2.75) is 6.54 Å². The first kappa shape index (κ1) is 12.0. The van der Waals surface area contributed by atoms with Gasteiger partial charge in [0.2, 0.25) is 6.41 Å². The van der Waals surface area contributed by atoms with E-state index in [-0.39, 0.29) is 0 Å². The maximum Gasteiger partial charge on any atom is 0.215 e. The van der Waals surface area contributed by atoms with E-state index < -0.39 is 0 Å². The largest absolute Gasteiger partial charge is 0.365 e. The summed E-state index contributed by atoms with van der Waals surface area (Å²) in [4.78, 5) is 19.0. The normalized spacial score (nSPS) is 9.80. The number of carbonyl (C=O) groups is 1. The third-order valence-electron chi connectivity index (χ3n) is 1.83. The molecule has 0 aliphatic heterocycles. The lowest BCUT2D eigenvalue weighted by Gasteiger charge is -2.24. The summed E-state index contributed by atoms with van der Waals surface area (Å²) in [6.07, 6.45) is 2.41. The van der Waals surface area contributed by atoms with Crippen LogP contribution in [0.4, 0.5) is 0 Å². The first-order chi connectivity index (χ1) is 7.04. The van der Waals surface area contributed by atoms with Crippen molar-refractivity contribution in [2.24, 2.45) is 0 Å². The molecule has 0 aliphatic rings. The fourth-order valence-electron chi connectivity index (χ4n) is 0.971. The van der Waals surface area contributed by atoms with E-state index in [9.17, 15) is 4.79 Å². The second-order valence-corrected chi connectivity index (χ2v) is 4.82. The fourth-order valence-corrected chi connectivity index (χ4v) is 1.95. The molecule has 1 aromatic rings. The number of thiazole rings is 1. The number of halogens is 1. The van der Waals surface area contributed by atoms with Gasteiger partial charge in [-0.25, -0.2) is 4.98 Å². The van der Waals surface area contributed by atoms with Crippen LogP contribution in [-0.2, 0) is 11.3 Å². The summed E-state index contributed by atoms with van der Waals surface area (Å²) in [5.74, 6) is 0.634. The molecule has 15 heavy (non-hydrogen) atoms. The van der Waals surface area contributed by atoms with Crippen molar-refractivity contribution in [2.75, 3.05) is 14.1 Å². The van der Waals surface area contributed by atoms with E-state index in [1.807, 2.05) is 14.1 Å². The lowest BCUT2D eigenvalue weighted by Crippen LogP contribution is -2.28. The molecule has 0 saturated carbocycles. The molecule has 0 unspecified atom stereocenters. The van der Waals surface area contributed by atoms with E-state index in [4.69, 9.17) is 11.6 Å². The number of hydrogen-bond acceptors (Lipinski definition) is 4. The summed E-state index contributed by atoms with van der Waals surface area (Å²) in [5.41, 5.74) is 0. The van der Waals surface area contributed by atoms with Gasteiger partial charge in [-0.2, -0.15) is 0 Å². The molecular weight excluding hydrogens is 234 g/mol. The van der Waals surface area contributed by atoms with E-state index in [0.717, 1.165) is 11.3 Å². The molecule has 1 amide bonds. The van der Waals surface area contributed by atoms with Crippen molar-refractivity contribution in [1.29, 1.82) is 0 Å². The van der Waals surface area contributed by atoms with Crippen LogP contribution in [0.15, 0.2) is 18.6 Å². The minimum Gasteiger partial charge on any atom is -0.365 e. The monoisotopic (exact) mass is 245 g/mol. The zero-order valence-electron chi connectivity index (χ0n) is 8.61. The molecule has 0 atom stereocenters. The molecule has 1 rings (SSSR count). The van der Waals surface area contributed by atoms with E-state index in [0.29, 0.717) is 16.8 Å². The van der Waals surface area contributed by atoms with Gasteiger partial charge < -0.3 is 4.90 Å². The summed E-state index contributed by atoms with van der Waals surface area (Å²) in [5, 5.41) is 0. The molecule has 1 aromatic heterocycles. The highest BCUT2D eigenvalue weighted by atomic mass is 35.5. The van der Waals surface area contributed by atoms with E-state index in [1.54, 1.807) is 11.1 Å². The average molecular weight is 246 g/mol.